The third kappa shape index (κ3) is 5.14. The number of H-pyrrole nitrogens is 1. The molecule has 2 fully saturated rings. The smallest absolute Gasteiger partial charge is 0.255 e. The van der Waals surface area contributed by atoms with Crippen molar-refractivity contribution in [3.63, 3.8) is 0 Å². The van der Waals surface area contributed by atoms with Gasteiger partial charge < -0.3 is 20.4 Å². The van der Waals surface area contributed by atoms with E-state index in [9.17, 15) is 14.0 Å². The number of aromatic nitrogens is 3. The van der Waals surface area contributed by atoms with Crippen LogP contribution in [0.3, 0.4) is 0 Å². The Morgan fingerprint density at radius 1 is 1.14 bits per heavy atom. The first kappa shape index (κ1) is 25.1. The van der Waals surface area contributed by atoms with E-state index in [-0.39, 0.29) is 23.9 Å². The van der Waals surface area contributed by atoms with Gasteiger partial charge in [0.05, 0.1) is 29.3 Å². The summed E-state index contributed by atoms with van der Waals surface area (Å²) < 4.78 is 36.0. The molecule has 0 unspecified atom stereocenters. The van der Waals surface area contributed by atoms with Gasteiger partial charge in [-0.1, -0.05) is 6.07 Å². The largest absolute Gasteiger partial charge is 0.492 e. The third-order valence-corrected chi connectivity index (χ3v) is 7.20. The van der Waals surface area contributed by atoms with Crippen LogP contribution in [0.25, 0.3) is 22.3 Å². The molecule has 0 radical (unpaired) electrons. The van der Waals surface area contributed by atoms with Gasteiger partial charge in [0.15, 0.2) is 0 Å². The highest BCUT2D eigenvalue weighted by molar-refractivity contribution is 6.09. The van der Waals surface area contributed by atoms with Crippen molar-refractivity contribution >= 4 is 22.8 Å². The molecule has 2 aliphatic rings. The molecule has 5 rings (SSSR count). The number of hydrogen-bond acceptors (Lipinski definition) is 5. The first-order chi connectivity index (χ1) is 17.7. The minimum Gasteiger partial charge on any atom is -0.492 e. The number of rotatable bonds is 7. The molecule has 3 atom stereocenters. The summed E-state index contributed by atoms with van der Waals surface area (Å²) in [5.74, 6) is -0.206. The van der Waals surface area contributed by atoms with Gasteiger partial charge >= 0.3 is 0 Å². The molecule has 3 aromatic rings. The number of halogens is 2. The second-order valence-corrected chi connectivity index (χ2v) is 10.2. The summed E-state index contributed by atoms with van der Waals surface area (Å²) >= 11 is 0. The zero-order valence-electron chi connectivity index (χ0n) is 21.2. The van der Waals surface area contributed by atoms with Crippen LogP contribution in [0.15, 0.2) is 18.5 Å². The zero-order chi connectivity index (χ0) is 26.3. The van der Waals surface area contributed by atoms with Crippen molar-refractivity contribution < 1.29 is 23.1 Å². The number of ether oxygens (including phenoxy) is 1. The lowest BCUT2D eigenvalue weighted by Gasteiger charge is -2.32. The summed E-state index contributed by atoms with van der Waals surface area (Å²) in [6.45, 7) is 5.30. The fourth-order valence-corrected chi connectivity index (χ4v) is 5.01. The molecule has 10 heteroatoms. The normalized spacial score (nSPS) is 21.6. The zero-order valence-corrected chi connectivity index (χ0v) is 21.2. The number of aryl methyl sites for hydroxylation is 2. The second-order valence-electron chi connectivity index (χ2n) is 10.2. The number of fused-ring (bicyclic) bond motifs is 1. The van der Waals surface area contributed by atoms with E-state index < -0.39 is 23.9 Å². The molecule has 37 heavy (non-hydrogen) atoms. The highest BCUT2D eigenvalue weighted by Crippen LogP contribution is 2.39. The molecule has 0 spiro atoms. The maximum atomic E-state index is 15.4. The first-order valence-electron chi connectivity index (χ1n) is 12.7. The number of carbonyl (C=O) groups excluding carboxylic acids is 2. The van der Waals surface area contributed by atoms with Crippen LogP contribution in [-0.4, -0.2) is 51.6 Å². The Kier molecular flexibility index (Phi) is 6.83. The van der Waals surface area contributed by atoms with E-state index in [2.05, 4.69) is 25.6 Å². The van der Waals surface area contributed by atoms with Gasteiger partial charge in [0.1, 0.15) is 35.3 Å². The number of amides is 2. The average molecular weight is 512 g/mol. The third-order valence-electron chi connectivity index (χ3n) is 7.20. The maximum absolute atomic E-state index is 15.4. The fourth-order valence-electron chi connectivity index (χ4n) is 5.01. The Hall–Kier alpha value is -3.56. The van der Waals surface area contributed by atoms with E-state index in [1.54, 1.807) is 26.0 Å². The quantitative estimate of drug-likeness (QED) is 0.438. The lowest BCUT2D eigenvalue weighted by atomic mass is 9.89. The second kappa shape index (κ2) is 10.1. The minimum absolute atomic E-state index is 0.106. The van der Waals surface area contributed by atoms with Gasteiger partial charge in [-0.3, -0.25) is 9.59 Å². The lowest BCUT2D eigenvalue weighted by molar-refractivity contribution is -0.120. The summed E-state index contributed by atoms with van der Waals surface area (Å²) in [6.07, 6.45) is 3.34. The molecular weight excluding hydrogens is 480 g/mol. The van der Waals surface area contributed by atoms with Gasteiger partial charge in [-0.15, -0.1) is 0 Å². The van der Waals surface area contributed by atoms with Gasteiger partial charge in [-0.25, -0.2) is 18.7 Å². The highest BCUT2D eigenvalue weighted by atomic mass is 19.1. The van der Waals surface area contributed by atoms with E-state index in [4.69, 9.17) is 4.74 Å². The number of aromatic amines is 1. The van der Waals surface area contributed by atoms with Gasteiger partial charge in [-0.05, 0) is 57.1 Å². The van der Waals surface area contributed by atoms with Crippen LogP contribution in [0.5, 0.6) is 5.75 Å². The molecule has 8 nitrogen and oxygen atoms in total. The van der Waals surface area contributed by atoms with Crippen molar-refractivity contribution in [3.8, 4) is 17.0 Å². The van der Waals surface area contributed by atoms with Gasteiger partial charge in [-0.2, -0.15) is 0 Å². The number of hydrogen-bond donors (Lipinski definition) is 3. The number of nitrogens with zero attached hydrogens (tertiary/aromatic N) is 2. The number of benzene rings is 1. The molecule has 3 N–H and O–H groups in total. The number of carbonyl (C=O) groups is 2. The van der Waals surface area contributed by atoms with Crippen molar-refractivity contribution in [1.82, 2.24) is 25.6 Å². The number of alkyl halides is 1. The van der Waals surface area contributed by atoms with Crippen LogP contribution >= 0.6 is 0 Å². The minimum atomic E-state index is -1.25. The van der Waals surface area contributed by atoms with E-state index >= 15 is 4.39 Å². The summed E-state index contributed by atoms with van der Waals surface area (Å²) in [5, 5.41) is 5.55. The molecule has 2 heterocycles. The Morgan fingerprint density at radius 2 is 1.92 bits per heavy atom. The van der Waals surface area contributed by atoms with Crippen LogP contribution in [0, 0.1) is 25.6 Å². The average Bonchev–Trinajstić information content (AvgIpc) is 3.61. The predicted octanol–water partition coefficient (Wildman–Crippen LogP) is 4.29. The van der Waals surface area contributed by atoms with Gasteiger partial charge in [0.25, 0.3) is 5.91 Å². The Morgan fingerprint density at radius 3 is 2.62 bits per heavy atom. The first-order valence-corrected chi connectivity index (χ1v) is 12.7. The molecule has 0 aliphatic heterocycles. The van der Waals surface area contributed by atoms with Crippen molar-refractivity contribution in [1.29, 1.82) is 0 Å². The fraction of sp³-hybridized carbons (Fsp3) is 0.481. The molecule has 196 valence electrons. The summed E-state index contributed by atoms with van der Waals surface area (Å²) in [7, 11) is 0. The van der Waals surface area contributed by atoms with Gasteiger partial charge in [0, 0.05) is 25.1 Å². The molecule has 2 saturated carbocycles. The maximum Gasteiger partial charge on any atom is 0.255 e. The Balaban J connectivity index is 1.44. The molecule has 0 bridgehead atoms. The van der Waals surface area contributed by atoms with Crippen molar-refractivity contribution in [2.45, 2.75) is 71.1 Å². The highest BCUT2D eigenvalue weighted by Gasteiger charge is 2.33. The van der Waals surface area contributed by atoms with E-state index in [0.717, 1.165) is 12.8 Å². The van der Waals surface area contributed by atoms with Crippen molar-refractivity contribution in [2.75, 3.05) is 6.61 Å². The molecular formula is C27H31F2N5O3. The van der Waals surface area contributed by atoms with Crippen molar-refractivity contribution in [3.05, 3.63) is 41.1 Å². The van der Waals surface area contributed by atoms with Crippen LogP contribution in [-0.2, 0) is 4.79 Å². The van der Waals surface area contributed by atoms with Crippen molar-refractivity contribution in [2.24, 2.45) is 5.92 Å². The van der Waals surface area contributed by atoms with Gasteiger partial charge in [0.2, 0.25) is 5.91 Å². The Labute approximate surface area is 213 Å². The van der Waals surface area contributed by atoms with E-state index in [1.807, 2.05) is 0 Å². The summed E-state index contributed by atoms with van der Waals surface area (Å²) in [5.41, 5.74) is 2.66. The SMILES string of the molecule is CC(=O)N[C@@H]1CC[C@H](NC(=O)c2c(C)[nH]c3c(-c4c(OCC5CC5)ccc(C)c4F)ncnc23)C[C@H]1F. The Bertz CT molecular complexity index is 1350. The molecule has 2 amide bonds. The molecule has 2 aromatic heterocycles. The van der Waals surface area contributed by atoms with Crippen LogP contribution in [0.1, 0.15) is 60.6 Å². The van der Waals surface area contributed by atoms with E-state index in [1.165, 1.54) is 13.3 Å². The molecule has 2 aliphatic carbocycles. The molecule has 0 saturated heterocycles. The number of nitrogens with one attached hydrogen (secondary N) is 3. The molecule has 1 aromatic carbocycles. The topological polar surface area (TPSA) is 109 Å². The monoisotopic (exact) mass is 511 g/mol. The predicted molar refractivity (Wildman–Crippen MR) is 135 cm³/mol. The summed E-state index contributed by atoms with van der Waals surface area (Å²) in [6, 6.07) is 2.50. The van der Waals surface area contributed by atoms with Crippen LogP contribution in [0.2, 0.25) is 0 Å². The van der Waals surface area contributed by atoms with E-state index in [0.29, 0.717) is 64.7 Å². The van der Waals surface area contributed by atoms with Crippen LogP contribution < -0.4 is 15.4 Å². The lowest BCUT2D eigenvalue weighted by Crippen LogP contribution is -2.49. The summed E-state index contributed by atoms with van der Waals surface area (Å²) in [4.78, 5) is 36.5. The standard InChI is InChI=1S/C27H31F2N5O3/c1-13-4-9-20(37-11-16-5-6-16)22(23(13)29)25-26-24(30-12-31-25)21(14(2)32-26)27(36)34-17-7-8-19(18(28)10-17)33-15(3)35/h4,9,12,16-19,32H,5-8,10-11H2,1-3H3,(H,33,35)(H,34,36)/t17-,18+,19+/m0/s1. The van der Waals surface area contributed by atoms with Crippen LogP contribution in [0.4, 0.5) is 8.78 Å².